The van der Waals surface area contributed by atoms with Crippen molar-refractivity contribution in [3.63, 3.8) is 0 Å². The van der Waals surface area contributed by atoms with E-state index in [4.69, 9.17) is 22.9 Å². The number of anilines is 1. The quantitative estimate of drug-likeness (QED) is 0.109. The average molecular weight is 763 g/mol. The van der Waals surface area contributed by atoms with Crippen LogP contribution >= 0.6 is 22.9 Å². The molecule has 52 heavy (non-hydrogen) atoms. The van der Waals surface area contributed by atoms with Crippen LogP contribution in [0, 0.1) is 12.4 Å². The number of thiazole rings is 1. The average Bonchev–Trinajstić information content (AvgIpc) is 3.83. The molecule has 0 radical (unpaired) electrons. The summed E-state index contributed by atoms with van der Waals surface area (Å²) in [4.78, 5) is 38.5. The van der Waals surface area contributed by atoms with Gasteiger partial charge in [0.1, 0.15) is 40.9 Å². The van der Waals surface area contributed by atoms with E-state index in [0.29, 0.717) is 18.0 Å². The molecule has 3 aliphatic rings. The smallest absolute Gasteiger partial charge is 0.417 e. The lowest BCUT2D eigenvalue weighted by Gasteiger charge is -2.39. The maximum Gasteiger partial charge on any atom is 0.417 e. The molecular formula is C34H29ClF6N8O2S. The topological polar surface area (TPSA) is 91.9 Å². The van der Waals surface area contributed by atoms with Gasteiger partial charge in [0.05, 0.1) is 16.5 Å². The number of ether oxygens (including phenoxy) is 1. The number of carbonyl (C=O) groups is 1. The number of benzene rings is 1. The zero-order chi connectivity index (χ0) is 36.8. The Balaban J connectivity index is 1.28. The van der Waals surface area contributed by atoms with Gasteiger partial charge in [-0.05, 0) is 37.6 Å². The molecular weight excluding hydrogens is 734 g/mol. The van der Waals surface area contributed by atoms with Crippen molar-refractivity contribution in [1.82, 2.24) is 29.7 Å². The van der Waals surface area contributed by atoms with Crippen LogP contribution in [0.25, 0.3) is 33.1 Å². The second-order valence-corrected chi connectivity index (χ2v) is 14.2. The first kappa shape index (κ1) is 35.9. The molecule has 3 saturated heterocycles. The number of nitrogens with zero attached hydrogens (tertiary/aromatic N) is 8. The van der Waals surface area contributed by atoms with Crippen molar-refractivity contribution in [3.8, 4) is 17.3 Å². The van der Waals surface area contributed by atoms with E-state index >= 15 is 8.78 Å². The van der Waals surface area contributed by atoms with Gasteiger partial charge in [0, 0.05) is 67.0 Å². The SMILES string of the molecule is [C-]#[N+]C[C@H]1CN(c2nc(OC[C@@]34CCCN3C[C@H](F)C4)nc3c(F)c(-c4cc(Cl)ccc4C(F)(F)F)ncc23)CCN1C(=O)/C(F)=C/c1nccs1. The van der Waals surface area contributed by atoms with Gasteiger partial charge in [-0.25, -0.2) is 24.7 Å². The third kappa shape index (κ3) is 6.86. The van der Waals surface area contributed by atoms with Gasteiger partial charge < -0.3 is 19.4 Å². The standard InChI is InChI=1S/C34H29ClF6N8O2S/c1-42-14-21-17-47(8-9-49(21)31(50)25(37)12-26-43-6-10-52-26)30-23-15-44-28(22-11-19(35)3-4-24(22)34(39,40)41)27(38)29(23)45-32(46-30)51-18-33-5-2-7-48(33)16-20(36)13-33/h3-4,6,10-12,15,20-21H,2,5,7-9,13-14,16-18H2/b25-12-/t20-,21+,33+/m1/s1. The van der Waals surface area contributed by atoms with E-state index in [1.54, 1.807) is 10.3 Å². The predicted octanol–water partition coefficient (Wildman–Crippen LogP) is 6.86. The maximum absolute atomic E-state index is 16.6. The van der Waals surface area contributed by atoms with Gasteiger partial charge in [-0.3, -0.25) is 14.7 Å². The van der Waals surface area contributed by atoms with Crippen molar-refractivity contribution >= 4 is 51.6 Å². The predicted molar refractivity (Wildman–Crippen MR) is 182 cm³/mol. The highest BCUT2D eigenvalue weighted by atomic mass is 35.5. The van der Waals surface area contributed by atoms with Crippen LogP contribution in [0.2, 0.25) is 5.02 Å². The van der Waals surface area contributed by atoms with E-state index in [-0.39, 0.29) is 68.0 Å². The highest BCUT2D eigenvalue weighted by molar-refractivity contribution is 7.10. The summed E-state index contributed by atoms with van der Waals surface area (Å²) >= 11 is 7.19. The second kappa shape index (κ2) is 14.1. The molecule has 7 rings (SSSR count). The first-order valence-corrected chi connectivity index (χ1v) is 17.5. The monoisotopic (exact) mass is 762 g/mol. The fourth-order valence-corrected chi connectivity index (χ4v) is 8.04. The van der Waals surface area contributed by atoms with Crippen molar-refractivity contribution in [2.75, 3.05) is 50.8 Å². The minimum absolute atomic E-state index is 0.0161. The van der Waals surface area contributed by atoms with Crippen LogP contribution in [-0.2, 0) is 11.0 Å². The van der Waals surface area contributed by atoms with Crippen LogP contribution in [0.4, 0.5) is 32.2 Å². The minimum Gasteiger partial charge on any atom is -0.461 e. The molecule has 0 N–H and O–H groups in total. The Kier molecular flexibility index (Phi) is 9.74. The Bertz CT molecular complexity index is 2080. The molecule has 1 aromatic carbocycles. The Morgan fingerprint density at radius 2 is 2.02 bits per heavy atom. The number of pyridine rings is 1. The highest BCUT2D eigenvalue weighted by Gasteiger charge is 2.49. The number of rotatable bonds is 8. The molecule has 3 aromatic heterocycles. The third-order valence-corrected chi connectivity index (χ3v) is 10.6. The van der Waals surface area contributed by atoms with Gasteiger partial charge in [0.15, 0.2) is 11.6 Å². The first-order valence-electron chi connectivity index (χ1n) is 16.3. The molecule has 0 unspecified atom stereocenters. The Morgan fingerprint density at radius 1 is 1.19 bits per heavy atom. The normalized spacial score (nSPS) is 22.5. The molecule has 0 aliphatic carbocycles. The van der Waals surface area contributed by atoms with Crippen molar-refractivity contribution in [2.45, 2.75) is 43.2 Å². The van der Waals surface area contributed by atoms with E-state index < -0.39 is 63.8 Å². The molecule has 3 fully saturated rings. The van der Waals surface area contributed by atoms with E-state index in [0.717, 1.165) is 48.2 Å². The Hall–Kier alpha value is -4.53. The third-order valence-electron chi connectivity index (χ3n) is 9.67. The largest absolute Gasteiger partial charge is 0.461 e. The number of hydrogen-bond donors (Lipinski definition) is 0. The molecule has 0 bridgehead atoms. The number of amides is 1. The Morgan fingerprint density at radius 3 is 2.77 bits per heavy atom. The second-order valence-electron chi connectivity index (χ2n) is 12.9. The van der Waals surface area contributed by atoms with Crippen LogP contribution in [-0.4, -0.2) is 99.3 Å². The van der Waals surface area contributed by atoms with Crippen LogP contribution < -0.4 is 9.64 Å². The number of fused-ring (bicyclic) bond motifs is 2. The van der Waals surface area contributed by atoms with Crippen LogP contribution in [0.3, 0.4) is 0 Å². The summed E-state index contributed by atoms with van der Waals surface area (Å²) in [6.07, 6.45) is -0.558. The number of carbonyl (C=O) groups excluding carboxylic acids is 1. The highest BCUT2D eigenvalue weighted by Crippen LogP contribution is 2.42. The molecule has 10 nitrogen and oxygen atoms in total. The summed E-state index contributed by atoms with van der Waals surface area (Å²) in [5, 5.41) is 1.87. The van der Waals surface area contributed by atoms with Crippen molar-refractivity contribution in [2.24, 2.45) is 0 Å². The number of piperazine rings is 1. The Labute approximate surface area is 302 Å². The number of hydrogen-bond acceptors (Lipinski definition) is 9. The van der Waals surface area contributed by atoms with Crippen molar-refractivity contribution in [1.29, 1.82) is 0 Å². The lowest BCUT2D eigenvalue weighted by atomic mass is 9.95. The summed E-state index contributed by atoms with van der Waals surface area (Å²) in [6, 6.07) is 1.62. The van der Waals surface area contributed by atoms with Crippen molar-refractivity contribution in [3.05, 3.63) is 74.6 Å². The van der Waals surface area contributed by atoms with Gasteiger partial charge >= 0.3 is 12.2 Å². The maximum atomic E-state index is 16.6. The van der Waals surface area contributed by atoms with Crippen LogP contribution in [0.15, 0.2) is 41.8 Å². The number of halogens is 7. The van der Waals surface area contributed by atoms with E-state index in [1.165, 1.54) is 11.1 Å². The van der Waals surface area contributed by atoms with E-state index in [1.807, 2.05) is 4.90 Å². The van der Waals surface area contributed by atoms with Gasteiger partial charge in [-0.2, -0.15) is 23.1 Å². The van der Waals surface area contributed by atoms with E-state index in [2.05, 4.69) is 24.8 Å². The van der Waals surface area contributed by atoms with Gasteiger partial charge in [0.25, 0.3) is 5.91 Å². The van der Waals surface area contributed by atoms with Crippen molar-refractivity contribution < 1.29 is 35.9 Å². The number of aromatic nitrogens is 4. The van der Waals surface area contributed by atoms with Gasteiger partial charge in [0.2, 0.25) is 6.54 Å². The zero-order valence-electron chi connectivity index (χ0n) is 27.2. The summed E-state index contributed by atoms with van der Waals surface area (Å²) < 4.78 is 94.3. The lowest BCUT2D eigenvalue weighted by Crippen LogP contribution is -2.56. The molecule has 1 amide bonds. The molecule has 0 spiro atoms. The summed E-state index contributed by atoms with van der Waals surface area (Å²) in [5.41, 5.74) is -3.43. The molecule has 6 heterocycles. The molecule has 272 valence electrons. The minimum atomic E-state index is -4.86. The summed E-state index contributed by atoms with van der Waals surface area (Å²) in [6.45, 7) is 8.19. The lowest BCUT2D eigenvalue weighted by molar-refractivity contribution is -0.137. The van der Waals surface area contributed by atoms with E-state index in [9.17, 15) is 22.4 Å². The molecule has 3 aliphatic heterocycles. The van der Waals surface area contributed by atoms with Crippen LogP contribution in [0.5, 0.6) is 6.01 Å². The number of alkyl halides is 4. The fraction of sp³-hybridized carbons (Fsp3) is 0.412. The summed E-state index contributed by atoms with van der Waals surface area (Å²) in [7, 11) is 0. The molecule has 3 atom stereocenters. The fourth-order valence-electron chi connectivity index (χ4n) is 7.31. The molecule has 0 saturated carbocycles. The first-order chi connectivity index (χ1) is 24.9. The van der Waals surface area contributed by atoms with Crippen LogP contribution in [0.1, 0.15) is 29.8 Å². The molecule has 4 aromatic rings. The van der Waals surface area contributed by atoms with Gasteiger partial charge in [-0.15, -0.1) is 11.3 Å². The summed E-state index contributed by atoms with van der Waals surface area (Å²) in [5.74, 6) is -3.09. The zero-order valence-corrected chi connectivity index (χ0v) is 28.8. The molecule has 18 heteroatoms. The van der Waals surface area contributed by atoms with Gasteiger partial charge in [-0.1, -0.05) is 11.6 Å².